The molecule has 0 amide bonds. The number of aryl methyl sites for hydroxylation is 1. The molecule has 1 unspecified atom stereocenters. The number of fused-ring (bicyclic) bond motifs is 1. The summed E-state index contributed by atoms with van der Waals surface area (Å²) in [5.74, 6) is 1.63. The molecular weight excluding hydrogens is 328 g/mol. The Hall–Kier alpha value is -2.83. The van der Waals surface area contributed by atoms with Crippen LogP contribution in [-0.4, -0.2) is 39.4 Å². The van der Waals surface area contributed by atoms with Crippen LogP contribution in [-0.2, 0) is 7.05 Å². The lowest BCUT2D eigenvalue weighted by Crippen LogP contribution is -2.40. The Morgan fingerprint density at radius 1 is 1.23 bits per heavy atom. The second-order valence-corrected chi connectivity index (χ2v) is 7.40. The van der Waals surface area contributed by atoms with E-state index in [1.807, 2.05) is 31.3 Å². The Kier molecular flexibility index (Phi) is 4.97. The molecule has 3 aromatic rings. The molecule has 1 atom stereocenters. The molecule has 2 heterocycles. The summed E-state index contributed by atoms with van der Waals surface area (Å²) in [4.78, 5) is 8.67. The van der Waals surface area contributed by atoms with E-state index in [1.54, 1.807) is 24.3 Å². The monoisotopic (exact) mass is 354 g/mol. The van der Waals surface area contributed by atoms with Crippen LogP contribution in [0.4, 0.5) is 11.5 Å². The number of nitrogens with one attached hydrogen (secondary N) is 2. The highest BCUT2D eigenvalue weighted by atomic mass is 16.5. The molecule has 0 bridgehead atoms. The van der Waals surface area contributed by atoms with E-state index in [9.17, 15) is 0 Å². The SMILES string of the molecule is COc1cccc(NC(CNc2ncnc3c2cnn3C)C(C)(C)C)c1. The van der Waals surface area contributed by atoms with Gasteiger partial charge in [0.05, 0.1) is 18.7 Å². The van der Waals surface area contributed by atoms with E-state index in [-0.39, 0.29) is 11.5 Å². The van der Waals surface area contributed by atoms with E-state index >= 15 is 0 Å². The van der Waals surface area contributed by atoms with Crippen LogP contribution in [0, 0.1) is 5.41 Å². The summed E-state index contributed by atoms with van der Waals surface area (Å²) in [5, 5.41) is 12.3. The molecule has 0 saturated heterocycles. The third kappa shape index (κ3) is 3.87. The van der Waals surface area contributed by atoms with Crippen molar-refractivity contribution in [2.45, 2.75) is 26.8 Å². The minimum atomic E-state index is 0.0388. The third-order valence-corrected chi connectivity index (χ3v) is 4.46. The lowest BCUT2D eigenvalue weighted by atomic mass is 9.86. The first-order valence-corrected chi connectivity index (χ1v) is 8.65. The van der Waals surface area contributed by atoms with Gasteiger partial charge in [0.15, 0.2) is 5.65 Å². The van der Waals surface area contributed by atoms with Gasteiger partial charge in [0.25, 0.3) is 0 Å². The van der Waals surface area contributed by atoms with E-state index in [4.69, 9.17) is 4.74 Å². The van der Waals surface area contributed by atoms with Gasteiger partial charge in [0.2, 0.25) is 0 Å². The molecule has 2 N–H and O–H groups in total. The van der Waals surface area contributed by atoms with Crippen molar-refractivity contribution in [3.05, 3.63) is 36.8 Å². The van der Waals surface area contributed by atoms with E-state index in [1.165, 1.54) is 0 Å². The standard InChI is InChI=1S/C19H26N6O/c1-19(2,3)16(24-13-7-6-8-14(9-13)26-5)11-20-17-15-10-23-25(4)18(15)22-12-21-17/h6-10,12,16,24H,11H2,1-5H3,(H,20,21,22). The second kappa shape index (κ2) is 7.19. The molecule has 0 aliphatic carbocycles. The molecule has 0 fully saturated rings. The Labute approximate surface area is 153 Å². The van der Waals surface area contributed by atoms with E-state index in [0.717, 1.165) is 28.3 Å². The predicted octanol–water partition coefficient (Wildman–Crippen LogP) is 3.31. The van der Waals surface area contributed by atoms with Crippen LogP contribution in [0.15, 0.2) is 36.8 Å². The van der Waals surface area contributed by atoms with Crippen molar-refractivity contribution in [2.24, 2.45) is 12.5 Å². The van der Waals surface area contributed by atoms with Crippen molar-refractivity contribution in [3.63, 3.8) is 0 Å². The van der Waals surface area contributed by atoms with Gasteiger partial charge in [-0.15, -0.1) is 0 Å². The maximum atomic E-state index is 5.32. The van der Waals surface area contributed by atoms with Gasteiger partial charge in [-0.25, -0.2) is 9.97 Å². The summed E-state index contributed by atoms with van der Waals surface area (Å²) in [5.41, 5.74) is 1.88. The molecule has 0 aliphatic heterocycles. The van der Waals surface area contributed by atoms with Gasteiger partial charge in [-0.05, 0) is 17.5 Å². The van der Waals surface area contributed by atoms with Gasteiger partial charge in [-0.1, -0.05) is 26.8 Å². The van der Waals surface area contributed by atoms with Crippen molar-refractivity contribution in [3.8, 4) is 5.75 Å². The Balaban J connectivity index is 1.78. The van der Waals surface area contributed by atoms with Crippen molar-refractivity contribution < 1.29 is 4.74 Å². The summed E-state index contributed by atoms with van der Waals surface area (Å²) >= 11 is 0. The van der Waals surface area contributed by atoms with Crippen LogP contribution >= 0.6 is 0 Å². The van der Waals surface area contributed by atoms with E-state index < -0.39 is 0 Å². The van der Waals surface area contributed by atoms with Gasteiger partial charge in [0, 0.05) is 31.4 Å². The van der Waals surface area contributed by atoms with Gasteiger partial charge >= 0.3 is 0 Å². The van der Waals surface area contributed by atoms with E-state index in [2.05, 4.69) is 46.5 Å². The molecule has 7 heteroatoms. The molecule has 2 aromatic heterocycles. The lowest BCUT2D eigenvalue weighted by Gasteiger charge is -2.33. The number of methoxy groups -OCH3 is 1. The molecule has 0 spiro atoms. The fourth-order valence-corrected chi connectivity index (χ4v) is 2.79. The van der Waals surface area contributed by atoms with Crippen molar-refractivity contribution in [1.82, 2.24) is 19.7 Å². The zero-order valence-electron chi connectivity index (χ0n) is 15.9. The summed E-state index contributed by atoms with van der Waals surface area (Å²) in [6.45, 7) is 7.35. The molecule has 3 rings (SSSR count). The zero-order valence-corrected chi connectivity index (χ0v) is 15.9. The summed E-state index contributed by atoms with van der Waals surface area (Å²) in [6.07, 6.45) is 3.35. The average molecular weight is 354 g/mol. The predicted molar refractivity (Wildman–Crippen MR) is 105 cm³/mol. The van der Waals surface area contributed by atoms with Crippen LogP contribution in [0.25, 0.3) is 11.0 Å². The fourth-order valence-electron chi connectivity index (χ4n) is 2.79. The average Bonchev–Trinajstić information content (AvgIpc) is 3.00. The summed E-state index contributed by atoms with van der Waals surface area (Å²) in [6, 6.07) is 8.15. The number of anilines is 2. The lowest BCUT2D eigenvalue weighted by molar-refractivity contribution is 0.350. The second-order valence-electron chi connectivity index (χ2n) is 7.40. The minimum absolute atomic E-state index is 0.0388. The van der Waals surface area contributed by atoms with E-state index in [0.29, 0.717) is 6.54 Å². The van der Waals surface area contributed by atoms with Crippen LogP contribution in [0.5, 0.6) is 5.75 Å². The zero-order chi connectivity index (χ0) is 18.7. The highest BCUT2D eigenvalue weighted by molar-refractivity contribution is 5.85. The largest absolute Gasteiger partial charge is 0.497 e. The first kappa shape index (κ1) is 18.0. The summed E-state index contributed by atoms with van der Waals surface area (Å²) < 4.78 is 7.07. The smallest absolute Gasteiger partial charge is 0.163 e. The number of rotatable bonds is 6. The highest BCUT2D eigenvalue weighted by Crippen LogP contribution is 2.26. The highest BCUT2D eigenvalue weighted by Gasteiger charge is 2.25. The van der Waals surface area contributed by atoms with Gasteiger partial charge in [-0.2, -0.15) is 5.10 Å². The van der Waals surface area contributed by atoms with Gasteiger partial charge in [-0.3, -0.25) is 4.68 Å². The molecule has 0 aliphatic rings. The maximum absolute atomic E-state index is 5.32. The van der Waals surface area contributed by atoms with Crippen LogP contribution in [0.2, 0.25) is 0 Å². The Morgan fingerprint density at radius 3 is 2.77 bits per heavy atom. The molecular formula is C19H26N6O. The van der Waals surface area contributed by atoms with Gasteiger partial charge in [0.1, 0.15) is 17.9 Å². The number of hydrogen-bond acceptors (Lipinski definition) is 6. The molecule has 0 saturated carbocycles. The van der Waals surface area contributed by atoms with Crippen molar-refractivity contribution in [2.75, 3.05) is 24.3 Å². The third-order valence-electron chi connectivity index (χ3n) is 4.46. The first-order valence-electron chi connectivity index (χ1n) is 8.65. The quantitative estimate of drug-likeness (QED) is 0.707. The summed E-state index contributed by atoms with van der Waals surface area (Å²) in [7, 11) is 3.55. The van der Waals surface area contributed by atoms with Crippen molar-refractivity contribution >= 4 is 22.5 Å². The molecule has 0 radical (unpaired) electrons. The number of benzene rings is 1. The molecule has 26 heavy (non-hydrogen) atoms. The number of hydrogen-bond donors (Lipinski definition) is 2. The number of aromatic nitrogens is 4. The molecule has 7 nitrogen and oxygen atoms in total. The molecule has 1 aromatic carbocycles. The molecule has 138 valence electrons. The number of ether oxygens (including phenoxy) is 1. The van der Waals surface area contributed by atoms with Gasteiger partial charge < -0.3 is 15.4 Å². The van der Waals surface area contributed by atoms with Crippen molar-refractivity contribution in [1.29, 1.82) is 0 Å². The fraction of sp³-hybridized carbons (Fsp3) is 0.421. The van der Waals surface area contributed by atoms with Crippen LogP contribution in [0.3, 0.4) is 0 Å². The maximum Gasteiger partial charge on any atom is 0.163 e. The Morgan fingerprint density at radius 2 is 2.04 bits per heavy atom. The topological polar surface area (TPSA) is 76.9 Å². The minimum Gasteiger partial charge on any atom is -0.497 e. The van der Waals surface area contributed by atoms with Crippen LogP contribution in [0.1, 0.15) is 20.8 Å². The first-order chi connectivity index (χ1) is 12.4. The normalized spacial score (nSPS) is 12.8. The van der Waals surface area contributed by atoms with Crippen LogP contribution < -0.4 is 15.4 Å². The number of nitrogens with zero attached hydrogens (tertiary/aromatic N) is 4. The Bertz CT molecular complexity index is 883.